The van der Waals surface area contributed by atoms with Gasteiger partial charge in [0.15, 0.2) is 16.9 Å². The Bertz CT molecular complexity index is 937. The Morgan fingerprint density at radius 2 is 1.54 bits per heavy atom. The van der Waals surface area contributed by atoms with Crippen molar-refractivity contribution in [3.8, 4) is 28.6 Å². The minimum Gasteiger partial charge on any atom is -0.504 e. The monoisotopic (exact) mass is 328 g/mol. The lowest BCUT2D eigenvalue weighted by atomic mass is 10.1. The summed E-state index contributed by atoms with van der Waals surface area (Å²) in [6.45, 7) is 3.06. The molecule has 0 saturated carbocycles. The van der Waals surface area contributed by atoms with Gasteiger partial charge in [-0.2, -0.15) is 0 Å². The van der Waals surface area contributed by atoms with Crippen molar-refractivity contribution in [3.63, 3.8) is 0 Å². The molecule has 3 rings (SSSR count). The zero-order chi connectivity index (χ0) is 17.9. The molecular weight excluding hydrogens is 312 g/mol. The highest BCUT2D eigenvalue weighted by Crippen LogP contribution is 2.40. The number of hydrogen-bond acceptors (Lipinski definition) is 6. The van der Waals surface area contributed by atoms with Gasteiger partial charge in [0.05, 0.1) is 0 Å². The van der Waals surface area contributed by atoms with E-state index in [1.54, 1.807) is 24.3 Å². The molecule has 0 radical (unpaired) electrons. The third-order valence-corrected chi connectivity index (χ3v) is 3.00. The van der Waals surface area contributed by atoms with Gasteiger partial charge in [0.1, 0.15) is 22.5 Å². The fourth-order valence-corrected chi connectivity index (χ4v) is 2.02. The second kappa shape index (κ2) is 6.87. The Morgan fingerprint density at radius 1 is 0.958 bits per heavy atom. The molecule has 124 valence electrons. The molecule has 3 aromatic rings. The Kier molecular flexibility index (Phi) is 4.89. The van der Waals surface area contributed by atoms with Crippen molar-refractivity contribution in [2.24, 2.45) is 0 Å². The molecule has 24 heavy (non-hydrogen) atoms. The number of carbonyl (C=O) groups is 1. The highest BCUT2D eigenvalue weighted by atomic mass is 16.3. The summed E-state index contributed by atoms with van der Waals surface area (Å²) in [5.74, 6) is -1.50. The van der Waals surface area contributed by atoms with Crippen LogP contribution in [-0.4, -0.2) is 21.1 Å². The van der Waals surface area contributed by atoms with E-state index in [0.29, 0.717) is 11.3 Å². The van der Waals surface area contributed by atoms with Gasteiger partial charge in [0.2, 0.25) is 5.75 Å². The van der Waals surface area contributed by atoms with Gasteiger partial charge in [-0.05, 0) is 13.8 Å². The van der Waals surface area contributed by atoms with Gasteiger partial charge in [-0.1, -0.05) is 30.3 Å². The van der Waals surface area contributed by atoms with Crippen LogP contribution in [0.5, 0.6) is 17.2 Å². The molecule has 1 heterocycles. The maximum atomic E-state index is 12.0. The van der Waals surface area contributed by atoms with Crippen molar-refractivity contribution in [2.45, 2.75) is 13.8 Å². The molecule has 0 aliphatic heterocycles. The normalized spacial score (nSPS) is 10.1. The molecule has 0 saturated heterocycles. The largest absolute Gasteiger partial charge is 0.504 e. The van der Waals surface area contributed by atoms with E-state index in [1.165, 1.54) is 19.9 Å². The first kappa shape index (κ1) is 17.1. The number of phenols is 3. The molecular formula is C18H16O6. The Labute approximate surface area is 137 Å². The molecule has 3 N–H and O–H groups in total. The average molecular weight is 328 g/mol. The summed E-state index contributed by atoms with van der Waals surface area (Å²) >= 11 is 0. The van der Waals surface area contributed by atoms with Crippen molar-refractivity contribution < 1.29 is 24.5 Å². The average Bonchev–Trinajstić information content (AvgIpc) is 2.52. The van der Waals surface area contributed by atoms with E-state index in [-0.39, 0.29) is 16.8 Å². The van der Waals surface area contributed by atoms with E-state index in [4.69, 9.17) is 4.42 Å². The predicted molar refractivity (Wildman–Crippen MR) is 89.3 cm³/mol. The standard InChI is InChI=1S/C15H10O5.C3H6O/c16-9-6-11(8-4-2-1-3-5-8)20-12-7-10(17)14(18)15(19)13(9)12;1-3(2)4/h1-7,17-19H;1-2H3. The van der Waals surface area contributed by atoms with Crippen molar-refractivity contribution >= 4 is 16.8 Å². The molecule has 6 heteroatoms. The van der Waals surface area contributed by atoms with Crippen LogP contribution in [0.1, 0.15) is 13.8 Å². The summed E-state index contributed by atoms with van der Waals surface area (Å²) in [7, 11) is 0. The predicted octanol–water partition coefficient (Wildman–Crippen LogP) is 3.17. The van der Waals surface area contributed by atoms with E-state index in [0.717, 1.165) is 6.07 Å². The van der Waals surface area contributed by atoms with Crippen molar-refractivity contribution in [1.29, 1.82) is 0 Å². The molecule has 0 aliphatic rings. The first-order valence-corrected chi connectivity index (χ1v) is 7.05. The smallest absolute Gasteiger partial charge is 0.201 e. The van der Waals surface area contributed by atoms with E-state index in [2.05, 4.69) is 0 Å². The lowest BCUT2D eigenvalue weighted by molar-refractivity contribution is -0.114. The first-order valence-electron chi connectivity index (χ1n) is 7.05. The minimum atomic E-state index is -0.739. The first-order chi connectivity index (χ1) is 11.3. The van der Waals surface area contributed by atoms with Gasteiger partial charge < -0.3 is 24.5 Å². The second-order valence-corrected chi connectivity index (χ2v) is 5.22. The second-order valence-electron chi connectivity index (χ2n) is 5.22. The van der Waals surface area contributed by atoms with Crippen LogP contribution in [0.4, 0.5) is 0 Å². The SMILES string of the molecule is CC(C)=O.O=c1cc(-c2ccccc2)oc2cc(O)c(O)c(O)c12. The van der Waals surface area contributed by atoms with Crippen LogP contribution in [0.25, 0.3) is 22.3 Å². The lowest BCUT2D eigenvalue weighted by Crippen LogP contribution is -2.00. The number of fused-ring (bicyclic) bond motifs is 1. The summed E-state index contributed by atoms with van der Waals surface area (Å²) in [4.78, 5) is 21.5. The van der Waals surface area contributed by atoms with E-state index < -0.39 is 22.7 Å². The zero-order valence-corrected chi connectivity index (χ0v) is 13.1. The highest BCUT2D eigenvalue weighted by molar-refractivity contribution is 5.89. The number of Topliss-reactive ketones (excluding diaryl/α,β-unsaturated/α-hetero) is 1. The van der Waals surface area contributed by atoms with Crippen molar-refractivity contribution in [2.75, 3.05) is 0 Å². The van der Waals surface area contributed by atoms with E-state index in [1.807, 2.05) is 6.07 Å². The summed E-state index contributed by atoms with van der Waals surface area (Å²) in [6, 6.07) is 11.3. The number of ketones is 1. The van der Waals surface area contributed by atoms with Crippen LogP contribution >= 0.6 is 0 Å². The number of phenolic OH excluding ortho intramolecular Hbond substituents is 3. The van der Waals surface area contributed by atoms with Gasteiger partial charge in [-0.3, -0.25) is 4.79 Å². The Hall–Kier alpha value is -3.28. The molecule has 0 bridgehead atoms. The number of carbonyl (C=O) groups excluding carboxylic acids is 1. The van der Waals surface area contributed by atoms with Gasteiger partial charge in [-0.25, -0.2) is 0 Å². The molecule has 0 aliphatic carbocycles. The fourth-order valence-electron chi connectivity index (χ4n) is 2.02. The van der Waals surface area contributed by atoms with Crippen molar-refractivity contribution in [1.82, 2.24) is 0 Å². The highest BCUT2D eigenvalue weighted by Gasteiger charge is 2.17. The zero-order valence-electron chi connectivity index (χ0n) is 13.1. The van der Waals surface area contributed by atoms with Crippen LogP contribution in [-0.2, 0) is 4.79 Å². The van der Waals surface area contributed by atoms with Crippen LogP contribution in [0, 0.1) is 0 Å². The molecule has 0 amide bonds. The van der Waals surface area contributed by atoms with Gasteiger partial charge >= 0.3 is 0 Å². The minimum absolute atomic E-state index is 0.00385. The van der Waals surface area contributed by atoms with Crippen molar-refractivity contribution in [3.05, 3.63) is 52.7 Å². The Morgan fingerprint density at radius 3 is 2.12 bits per heavy atom. The fraction of sp³-hybridized carbons (Fsp3) is 0.111. The third kappa shape index (κ3) is 3.55. The van der Waals surface area contributed by atoms with E-state index in [9.17, 15) is 24.9 Å². The number of aromatic hydroxyl groups is 3. The van der Waals surface area contributed by atoms with Crippen LogP contribution < -0.4 is 5.43 Å². The van der Waals surface area contributed by atoms with E-state index >= 15 is 0 Å². The third-order valence-electron chi connectivity index (χ3n) is 3.00. The molecule has 6 nitrogen and oxygen atoms in total. The van der Waals surface area contributed by atoms with Gasteiger partial charge in [0.25, 0.3) is 0 Å². The molecule has 1 aromatic heterocycles. The quantitative estimate of drug-likeness (QED) is 0.592. The van der Waals surface area contributed by atoms with Gasteiger partial charge in [0, 0.05) is 17.7 Å². The molecule has 0 atom stereocenters. The number of rotatable bonds is 1. The summed E-state index contributed by atoms with van der Waals surface area (Å²) in [6.07, 6.45) is 0. The van der Waals surface area contributed by atoms with Gasteiger partial charge in [-0.15, -0.1) is 0 Å². The Balaban J connectivity index is 0.000000471. The topological polar surface area (TPSA) is 108 Å². The number of benzene rings is 2. The number of hydrogen-bond donors (Lipinski definition) is 3. The summed E-state index contributed by atoms with van der Waals surface area (Å²) in [5.41, 5.74) is 0.195. The summed E-state index contributed by atoms with van der Waals surface area (Å²) in [5, 5.41) is 28.5. The molecule has 0 unspecified atom stereocenters. The molecule has 0 fully saturated rings. The lowest BCUT2D eigenvalue weighted by Gasteiger charge is -2.06. The molecule has 2 aromatic carbocycles. The maximum Gasteiger partial charge on any atom is 0.201 e. The van der Waals surface area contributed by atoms with Crippen LogP contribution in [0.3, 0.4) is 0 Å². The maximum absolute atomic E-state index is 12.0. The molecule has 0 spiro atoms. The van der Waals surface area contributed by atoms with Crippen LogP contribution in [0.15, 0.2) is 51.7 Å². The van der Waals surface area contributed by atoms with Crippen LogP contribution in [0.2, 0.25) is 0 Å². The summed E-state index contributed by atoms with van der Waals surface area (Å²) < 4.78 is 5.51.